The fourth-order valence-corrected chi connectivity index (χ4v) is 10.5. The predicted octanol–water partition coefficient (Wildman–Crippen LogP) is 17.0. The van der Waals surface area contributed by atoms with Crippen LogP contribution in [0.3, 0.4) is 0 Å². The molecule has 0 aliphatic carbocycles. The Bertz CT molecular complexity index is 3770. The quantitative estimate of drug-likeness (QED) is 0.153. The van der Waals surface area contributed by atoms with E-state index in [0.717, 1.165) is 0 Å². The first-order chi connectivity index (χ1) is 29.8. The first kappa shape index (κ1) is 33.2. The van der Waals surface area contributed by atoms with E-state index in [2.05, 4.69) is 218 Å². The molecule has 0 heterocycles. The van der Waals surface area contributed by atoms with Crippen LogP contribution in [0.4, 0.5) is 0 Å². The van der Waals surface area contributed by atoms with Gasteiger partial charge in [-0.3, -0.25) is 0 Å². The first-order valence-corrected chi connectivity index (χ1v) is 20.9. The van der Waals surface area contributed by atoms with Gasteiger partial charge in [0, 0.05) is 0 Å². The third-order valence-corrected chi connectivity index (χ3v) is 13.2. The molecule has 0 fully saturated rings. The Labute approximate surface area is 347 Å². The van der Waals surface area contributed by atoms with Crippen LogP contribution in [0.5, 0.6) is 0 Å². The molecule has 13 aromatic carbocycles. The Balaban J connectivity index is 1.13. The van der Waals surface area contributed by atoms with Crippen LogP contribution in [-0.4, -0.2) is 0 Å². The van der Waals surface area contributed by atoms with Gasteiger partial charge in [0.05, 0.1) is 0 Å². The Kier molecular flexibility index (Phi) is 7.11. The monoisotopic (exact) mass is 756 g/mol. The summed E-state index contributed by atoms with van der Waals surface area (Å²) in [6.45, 7) is 0. The first-order valence-electron chi connectivity index (χ1n) is 20.9. The van der Waals surface area contributed by atoms with E-state index < -0.39 is 0 Å². The van der Waals surface area contributed by atoms with Crippen LogP contribution in [0, 0.1) is 0 Å². The van der Waals surface area contributed by atoms with Crippen molar-refractivity contribution in [2.45, 2.75) is 0 Å². The van der Waals surface area contributed by atoms with Crippen molar-refractivity contribution in [3.05, 3.63) is 218 Å². The molecule has 0 aromatic heterocycles. The van der Waals surface area contributed by atoms with E-state index in [4.69, 9.17) is 0 Å². The fourth-order valence-electron chi connectivity index (χ4n) is 10.5. The number of fused-ring (bicyclic) bond motifs is 1. The van der Waals surface area contributed by atoms with Gasteiger partial charge in [-0.15, -0.1) is 0 Å². The summed E-state index contributed by atoms with van der Waals surface area (Å²) >= 11 is 0. The highest BCUT2D eigenvalue weighted by Gasteiger charge is 2.22. The molecule has 0 N–H and O–H groups in total. The Morgan fingerprint density at radius 1 is 0.183 bits per heavy atom. The van der Waals surface area contributed by atoms with Gasteiger partial charge in [0.1, 0.15) is 0 Å². The molecule has 0 bridgehead atoms. The van der Waals surface area contributed by atoms with Crippen LogP contribution in [-0.2, 0) is 0 Å². The van der Waals surface area contributed by atoms with Crippen molar-refractivity contribution >= 4 is 75.4 Å². The van der Waals surface area contributed by atoms with E-state index in [-0.39, 0.29) is 0 Å². The maximum Gasteiger partial charge on any atom is -0.00201 e. The molecule has 0 spiro atoms. The van der Waals surface area contributed by atoms with Crippen LogP contribution in [0.2, 0.25) is 0 Å². The topological polar surface area (TPSA) is 0 Å². The highest BCUT2D eigenvalue weighted by atomic mass is 14.3. The second kappa shape index (κ2) is 12.9. The molecular weight excluding hydrogens is 721 g/mol. The lowest BCUT2D eigenvalue weighted by Crippen LogP contribution is -1.95. The molecule has 0 heteroatoms. The van der Waals surface area contributed by atoms with E-state index >= 15 is 0 Å². The summed E-state index contributed by atoms with van der Waals surface area (Å²) in [6.07, 6.45) is 0. The smallest absolute Gasteiger partial charge is 0.00201 e. The third-order valence-electron chi connectivity index (χ3n) is 13.2. The largest absolute Gasteiger partial charge is 0.0622 e. The molecular formula is C60H36. The van der Waals surface area contributed by atoms with Crippen LogP contribution >= 0.6 is 0 Å². The number of rotatable bonds is 5. The predicted molar refractivity (Wildman–Crippen MR) is 259 cm³/mol. The molecule has 13 rings (SSSR count). The molecule has 60 heavy (non-hydrogen) atoms. The van der Waals surface area contributed by atoms with Gasteiger partial charge >= 0.3 is 0 Å². The van der Waals surface area contributed by atoms with Gasteiger partial charge in [-0.1, -0.05) is 206 Å². The zero-order chi connectivity index (χ0) is 39.3. The molecule has 0 aliphatic rings. The average molecular weight is 757 g/mol. The van der Waals surface area contributed by atoms with E-state index in [0.29, 0.717) is 0 Å². The molecule has 0 amide bonds. The van der Waals surface area contributed by atoms with E-state index in [1.54, 1.807) is 0 Å². The molecule has 0 aliphatic heterocycles. The van der Waals surface area contributed by atoms with Crippen LogP contribution in [0.1, 0.15) is 0 Å². The molecule has 276 valence electrons. The van der Waals surface area contributed by atoms with Crippen molar-refractivity contribution in [1.29, 1.82) is 0 Å². The summed E-state index contributed by atoms with van der Waals surface area (Å²) in [6, 6.07) is 81.6. The van der Waals surface area contributed by atoms with Gasteiger partial charge in [-0.05, 0) is 143 Å². The lowest BCUT2D eigenvalue weighted by atomic mass is 9.81. The lowest BCUT2D eigenvalue weighted by molar-refractivity contribution is 1.58. The summed E-state index contributed by atoms with van der Waals surface area (Å²) in [5.41, 5.74) is 12.3. The van der Waals surface area contributed by atoms with Crippen LogP contribution < -0.4 is 0 Å². The van der Waals surface area contributed by atoms with Crippen LogP contribution in [0.25, 0.3) is 131 Å². The number of benzene rings is 13. The third kappa shape index (κ3) is 4.86. The minimum Gasteiger partial charge on any atom is -0.0622 e. The molecule has 13 aromatic rings. The minimum absolute atomic E-state index is 1.20. The molecule has 0 atom stereocenters. The second-order valence-electron chi connectivity index (χ2n) is 16.3. The highest BCUT2D eigenvalue weighted by molar-refractivity contribution is 6.28. The van der Waals surface area contributed by atoms with Gasteiger partial charge in [0.15, 0.2) is 0 Å². The second-order valence-corrected chi connectivity index (χ2v) is 16.3. The molecule has 0 saturated heterocycles. The van der Waals surface area contributed by atoms with Crippen molar-refractivity contribution in [2.24, 2.45) is 0 Å². The Morgan fingerprint density at radius 3 is 1.23 bits per heavy atom. The van der Waals surface area contributed by atoms with Gasteiger partial charge in [0.2, 0.25) is 0 Å². The molecule has 0 unspecified atom stereocenters. The summed E-state index contributed by atoms with van der Waals surface area (Å²) in [7, 11) is 0. The average Bonchev–Trinajstić information content (AvgIpc) is 3.32. The minimum atomic E-state index is 1.20. The molecule has 0 radical (unpaired) electrons. The Hall–Kier alpha value is -7.80. The van der Waals surface area contributed by atoms with Crippen molar-refractivity contribution in [2.75, 3.05) is 0 Å². The maximum absolute atomic E-state index is 2.49. The Morgan fingerprint density at radius 2 is 0.633 bits per heavy atom. The van der Waals surface area contributed by atoms with Gasteiger partial charge in [-0.2, -0.15) is 0 Å². The van der Waals surface area contributed by atoms with Crippen molar-refractivity contribution in [1.82, 2.24) is 0 Å². The van der Waals surface area contributed by atoms with Crippen molar-refractivity contribution in [3.8, 4) is 55.6 Å². The van der Waals surface area contributed by atoms with E-state index in [1.165, 1.54) is 131 Å². The normalized spacial score (nSPS) is 12.0. The van der Waals surface area contributed by atoms with Gasteiger partial charge in [-0.25, -0.2) is 0 Å². The summed E-state index contributed by atoms with van der Waals surface area (Å²) in [5.74, 6) is 0. The number of hydrogen-bond donors (Lipinski definition) is 0. The lowest BCUT2D eigenvalue weighted by Gasteiger charge is -2.22. The van der Waals surface area contributed by atoms with Crippen LogP contribution in [0.15, 0.2) is 218 Å². The zero-order valence-electron chi connectivity index (χ0n) is 32.8. The highest BCUT2D eigenvalue weighted by Crippen LogP contribution is 2.49. The summed E-state index contributed by atoms with van der Waals surface area (Å²) in [4.78, 5) is 0. The number of hydrogen-bond acceptors (Lipinski definition) is 0. The molecule has 0 nitrogen and oxygen atoms in total. The van der Waals surface area contributed by atoms with Crippen molar-refractivity contribution in [3.63, 3.8) is 0 Å². The summed E-state index contributed by atoms with van der Waals surface area (Å²) < 4.78 is 0. The van der Waals surface area contributed by atoms with Gasteiger partial charge in [0.25, 0.3) is 0 Å². The summed E-state index contributed by atoms with van der Waals surface area (Å²) in [5, 5.41) is 18.1. The maximum atomic E-state index is 2.49. The van der Waals surface area contributed by atoms with Gasteiger partial charge < -0.3 is 0 Å². The molecule has 0 saturated carbocycles. The standard InChI is InChI=1S/C60H36/c1-3-11-37(12-4-1)46-31-29-45(47-30-25-43-23-21-39-15-9-17-41-26-32-50(47)58(43)56(39)41)35-54(46)55-36-53(38-13-5-2-6-14-38)60(49-20-8-7-19-48(49)55)52-34-28-44-24-22-40-16-10-18-42-27-33-51(52)59(44)57(40)42/h1-36H. The fraction of sp³-hybridized carbons (Fsp3) is 0. The van der Waals surface area contributed by atoms with E-state index in [1.807, 2.05) is 0 Å². The SMILES string of the molecule is c1ccc(-c2ccc(-c3ccc4ccc5cccc6ccc3c4c56)cc2-c2cc(-c3ccccc3)c(-c3ccc4ccc5cccc6ccc3c4c56)c3ccccc23)cc1. The zero-order valence-corrected chi connectivity index (χ0v) is 32.8. The van der Waals surface area contributed by atoms with Crippen molar-refractivity contribution < 1.29 is 0 Å². The van der Waals surface area contributed by atoms with E-state index in [9.17, 15) is 0 Å².